The lowest BCUT2D eigenvalue weighted by Gasteiger charge is -2.33. The van der Waals surface area contributed by atoms with Gasteiger partial charge in [-0.05, 0) is 42.2 Å². The van der Waals surface area contributed by atoms with Gasteiger partial charge in [-0.15, -0.1) is 0 Å². The highest BCUT2D eigenvalue weighted by molar-refractivity contribution is 5.72. The molecule has 26 heavy (non-hydrogen) atoms. The van der Waals surface area contributed by atoms with Crippen molar-refractivity contribution < 1.29 is 17.9 Å². The van der Waals surface area contributed by atoms with Gasteiger partial charge in [-0.2, -0.15) is 13.2 Å². The Kier molecular flexibility index (Phi) is 4.63. The number of nitrogens with one attached hydrogen (secondary N) is 1. The Bertz CT molecular complexity index is 785. The minimum atomic E-state index is -4.35. The van der Waals surface area contributed by atoms with Crippen LogP contribution in [0, 0.1) is 0 Å². The fourth-order valence-electron chi connectivity index (χ4n) is 3.72. The van der Waals surface area contributed by atoms with E-state index in [4.69, 9.17) is 4.74 Å². The number of para-hydroxylation sites is 1. The van der Waals surface area contributed by atoms with E-state index in [1.54, 1.807) is 6.07 Å². The van der Waals surface area contributed by atoms with Crippen LogP contribution in [-0.4, -0.2) is 32.3 Å². The largest absolute Gasteiger partial charge is 0.416 e. The van der Waals surface area contributed by atoms with E-state index < -0.39 is 11.7 Å². The van der Waals surface area contributed by atoms with Gasteiger partial charge in [-0.3, -0.25) is 0 Å². The number of alkyl halides is 3. The zero-order chi connectivity index (χ0) is 18.1. The Balaban J connectivity index is 1.78. The highest BCUT2D eigenvalue weighted by Crippen LogP contribution is 2.40. The van der Waals surface area contributed by atoms with Crippen LogP contribution < -0.4 is 10.2 Å². The molecular formula is C20H21F3N2O. The van der Waals surface area contributed by atoms with Crippen LogP contribution in [0.15, 0.2) is 42.5 Å². The van der Waals surface area contributed by atoms with Gasteiger partial charge in [0.2, 0.25) is 0 Å². The number of benzene rings is 2. The predicted molar refractivity (Wildman–Crippen MR) is 94.9 cm³/mol. The quantitative estimate of drug-likeness (QED) is 0.876. The maximum Gasteiger partial charge on any atom is 0.416 e. The first-order valence-electron chi connectivity index (χ1n) is 8.90. The molecule has 0 amide bonds. The maximum absolute atomic E-state index is 13.3. The summed E-state index contributed by atoms with van der Waals surface area (Å²) < 4.78 is 45.7. The molecule has 0 radical (unpaired) electrons. The average molecular weight is 362 g/mol. The third kappa shape index (κ3) is 3.44. The fraction of sp³-hybridized carbons (Fsp3) is 0.400. The second-order valence-electron chi connectivity index (χ2n) is 6.78. The Labute approximate surface area is 150 Å². The topological polar surface area (TPSA) is 24.5 Å². The molecule has 2 aromatic carbocycles. The summed E-state index contributed by atoms with van der Waals surface area (Å²) >= 11 is 0. The van der Waals surface area contributed by atoms with Crippen molar-refractivity contribution in [2.75, 3.05) is 31.1 Å². The zero-order valence-electron chi connectivity index (χ0n) is 14.4. The molecule has 0 spiro atoms. The number of hydrogen-bond donors (Lipinski definition) is 1. The van der Waals surface area contributed by atoms with E-state index in [1.807, 2.05) is 23.1 Å². The molecule has 1 atom stereocenters. The normalized spacial score (nSPS) is 20.3. The number of anilines is 2. The van der Waals surface area contributed by atoms with Gasteiger partial charge in [-0.1, -0.05) is 24.3 Å². The van der Waals surface area contributed by atoms with E-state index in [2.05, 4.69) is 11.4 Å². The molecule has 2 aromatic rings. The molecule has 3 nitrogen and oxygen atoms in total. The predicted octanol–water partition coefficient (Wildman–Crippen LogP) is 3.93. The third-order valence-corrected chi connectivity index (χ3v) is 5.04. The molecule has 1 unspecified atom stereocenters. The number of morpholine rings is 1. The van der Waals surface area contributed by atoms with Crippen LogP contribution in [0.25, 0.3) is 0 Å². The van der Waals surface area contributed by atoms with Crippen LogP contribution in [0.2, 0.25) is 0 Å². The number of nitrogens with zero attached hydrogens (tertiary/aromatic N) is 1. The molecule has 6 heteroatoms. The van der Waals surface area contributed by atoms with Crippen LogP contribution >= 0.6 is 0 Å². The lowest BCUT2D eigenvalue weighted by Crippen LogP contribution is -2.44. The molecule has 1 fully saturated rings. The van der Waals surface area contributed by atoms with Crippen molar-refractivity contribution in [2.24, 2.45) is 0 Å². The second-order valence-corrected chi connectivity index (χ2v) is 6.78. The van der Waals surface area contributed by atoms with E-state index in [0.29, 0.717) is 25.4 Å². The molecular weight excluding hydrogens is 341 g/mol. The number of ether oxygens (including phenoxy) is 1. The van der Waals surface area contributed by atoms with Crippen LogP contribution in [0.4, 0.5) is 24.5 Å². The van der Waals surface area contributed by atoms with Crippen LogP contribution in [-0.2, 0) is 23.8 Å². The first-order chi connectivity index (χ1) is 12.5. The van der Waals surface area contributed by atoms with Crippen LogP contribution in [0.3, 0.4) is 0 Å². The SMILES string of the molecule is FC(F)(F)c1ccc2c(c1)N(CC1CNCCO1)c1ccccc1CC2. The zero-order valence-corrected chi connectivity index (χ0v) is 14.4. The molecule has 1 saturated heterocycles. The minimum Gasteiger partial charge on any atom is -0.374 e. The molecule has 1 N–H and O–H groups in total. The highest BCUT2D eigenvalue weighted by Gasteiger charge is 2.33. The number of rotatable bonds is 2. The summed E-state index contributed by atoms with van der Waals surface area (Å²) in [6, 6.07) is 12.0. The molecule has 2 aliphatic rings. The molecule has 2 aliphatic heterocycles. The average Bonchev–Trinajstić information content (AvgIpc) is 2.79. The van der Waals surface area contributed by atoms with Crippen molar-refractivity contribution in [2.45, 2.75) is 25.1 Å². The van der Waals surface area contributed by atoms with Crippen LogP contribution in [0.1, 0.15) is 16.7 Å². The van der Waals surface area contributed by atoms with E-state index in [-0.39, 0.29) is 6.10 Å². The lowest BCUT2D eigenvalue weighted by molar-refractivity contribution is -0.137. The summed E-state index contributed by atoms with van der Waals surface area (Å²) in [5.41, 5.74) is 3.10. The molecule has 0 bridgehead atoms. The smallest absolute Gasteiger partial charge is 0.374 e. The monoisotopic (exact) mass is 362 g/mol. The number of aryl methyl sites for hydroxylation is 2. The number of halogens is 3. The van der Waals surface area contributed by atoms with Gasteiger partial charge in [-0.25, -0.2) is 0 Å². The summed E-state index contributed by atoms with van der Waals surface area (Å²) in [7, 11) is 0. The van der Waals surface area contributed by atoms with Crippen molar-refractivity contribution in [1.29, 1.82) is 0 Å². The van der Waals surface area contributed by atoms with E-state index >= 15 is 0 Å². The highest BCUT2D eigenvalue weighted by atomic mass is 19.4. The van der Waals surface area contributed by atoms with Crippen molar-refractivity contribution in [3.63, 3.8) is 0 Å². The van der Waals surface area contributed by atoms with E-state index in [9.17, 15) is 13.2 Å². The summed E-state index contributed by atoms with van der Waals surface area (Å²) in [5, 5.41) is 3.29. The van der Waals surface area contributed by atoms with Crippen molar-refractivity contribution in [3.05, 3.63) is 59.2 Å². The molecule has 138 valence electrons. The van der Waals surface area contributed by atoms with Gasteiger partial charge in [0.05, 0.1) is 24.8 Å². The van der Waals surface area contributed by atoms with Gasteiger partial charge < -0.3 is 15.0 Å². The lowest BCUT2D eigenvalue weighted by atomic mass is 10.0. The molecule has 2 heterocycles. The Hall–Kier alpha value is -2.05. The fourth-order valence-corrected chi connectivity index (χ4v) is 3.72. The maximum atomic E-state index is 13.3. The summed E-state index contributed by atoms with van der Waals surface area (Å²) in [4.78, 5) is 2.00. The summed E-state index contributed by atoms with van der Waals surface area (Å²) in [6.45, 7) is 2.66. The summed E-state index contributed by atoms with van der Waals surface area (Å²) in [6.07, 6.45) is -2.87. The van der Waals surface area contributed by atoms with Gasteiger partial charge in [0.15, 0.2) is 0 Å². The Morgan fingerprint density at radius 2 is 1.81 bits per heavy atom. The van der Waals surface area contributed by atoms with Crippen molar-refractivity contribution in [1.82, 2.24) is 5.32 Å². The second kappa shape index (κ2) is 6.93. The Morgan fingerprint density at radius 3 is 2.54 bits per heavy atom. The van der Waals surface area contributed by atoms with Gasteiger partial charge in [0.1, 0.15) is 0 Å². The third-order valence-electron chi connectivity index (χ3n) is 5.04. The minimum absolute atomic E-state index is 0.0581. The Morgan fingerprint density at radius 1 is 1.04 bits per heavy atom. The van der Waals surface area contributed by atoms with Gasteiger partial charge in [0.25, 0.3) is 0 Å². The first-order valence-corrected chi connectivity index (χ1v) is 8.90. The van der Waals surface area contributed by atoms with Gasteiger partial charge >= 0.3 is 6.18 Å². The molecule has 0 aliphatic carbocycles. The van der Waals surface area contributed by atoms with Crippen molar-refractivity contribution in [3.8, 4) is 0 Å². The van der Waals surface area contributed by atoms with E-state index in [1.165, 1.54) is 12.1 Å². The van der Waals surface area contributed by atoms with Gasteiger partial charge in [0, 0.05) is 24.5 Å². The molecule has 0 saturated carbocycles. The van der Waals surface area contributed by atoms with E-state index in [0.717, 1.165) is 36.2 Å². The summed E-state index contributed by atoms with van der Waals surface area (Å²) in [5.74, 6) is 0. The first kappa shape index (κ1) is 17.4. The number of fused-ring (bicyclic) bond motifs is 2. The number of hydrogen-bond acceptors (Lipinski definition) is 3. The molecule has 4 rings (SSSR count). The standard InChI is InChI=1S/C20H21F3N2O/c21-20(22,23)16-8-7-15-6-5-14-3-1-2-4-18(14)25(19(15)11-16)13-17-12-24-9-10-26-17/h1-4,7-8,11,17,24H,5-6,9-10,12-13H2. The molecule has 0 aromatic heterocycles. The van der Waals surface area contributed by atoms with Crippen LogP contribution in [0.5, 0.6) is 0 Å². The van der Waals surface area contributed by atoms with Crippen molar-refractivity contribution >= 4 is 11.4 Å².